The zero-order chi connectivity index (χ0) is 22.6. The minimum absolute atomic E-state index is 0.0748. The van der Waals surface area contributed by atoms with Gasteiger partial charge in [0.25, 0.3) is 12.9 Å². The molecule has 0 radical (unpaired) electrons. The third-order valence-corrected chi connectivity index (χ3v) is 4.11. The first-order valence-electron chi connectivity index (χ1n) is 8.03. The van der Waals surface area contributed by atoms with Crippen LogP contribution in [0.2, 0.25) is 5.02 Å². The highest BCUT2D eigenvalue weighted by Crippen LogP contribution is 2.34. The fraction of sp³-hybridized carbons (Fsp3) is 0.294. The lowest BCUT2D eigenvalue weighted by atomic mass is 10.1. The Morgan fingerprint density at radius 3 is 2.00 bits per heavy atom. The Morgan fingerprint density at radius 1 is 1.03 bits per heavy atom. The SMILES string of the molecule is COC(=O)c1cc(NC(=O)Cn2nc(C(F)F)c(Cl)c2C(F)F)cc(C(=O)OC)c1. The highest BCUT2D eigenvalue weighted by atomic mass is 35.5. The van der Waals surface area contributed by atoms with Crippen molar-refractivity contribution in [2.75, 3.05) is 19.5 Å². The molecule has 8 nitrogen and oxygen atoms in total. The summed E-state index contributed by atoms with van der Waals surface area (Å²) in [4.78, 5) is 35.8. The van der Waals surface area contributed by atoms with Crippen molar-refractivity contribution in [3.05, 3.63) is 45.7 Å². The molecule has 0 aliphatic rings. The summed E-state index contributed by atoms with van der Waals surface area (Å²) in [7, 11) is 2.19. The number of halogens is 5. The van der Waals surface area contributed by atoms with Gasteiger partial charge in [-0.2, -0.15) is 5.10 Å². The molecule has 2 aromatic rings. The average molecular weight is 452 g/mol. The maximum absolute atomic E-state index is 13.2. The van der Waals surface area contributed by atoms with Crippen LogP contribution in [0.5, 0.6) is 0 Å². The van der Waals surface area contributed by atoms with E-state index >= 15 is 0 Å². The summed E-state index contributed by atoms with van der Waals surface area (Å²) in [5.74, 6) is -2.61. The molecule has 0 spiro atoms. The number of alkyl halides is 4. The van der Waals surface area contributed by atoms with E-state index in [2.05, 4.69) is 19.9 Å². The molecule has 30 heavy (non-hydrogen) atoms. The molecule has 1 N–H and O–H groups in total. The van der Waals surface area contributed by atoms with E-state index in [1.807, 2.05) is 0 Å². The first kappa shape index (κ1) is 23.1. The first-order chi connectivity index (χ1) is 14.1. The molecule has 0 aliphatic carbocycles. The molecule has 1 heterocycles. The maximum atomic E-state index is 13.2. The van der Waals surface area contributed by atoms with Crippen LogP contribution in [0.4, 0.5) is 23.2 Å². The number of carbonyl (C=O) groups excluding carboxylic acids is 3. The summed E-state index contributed by atoms with van der Waals surface area (Å²) < 4.78 is 61.6. The maximum Gasteiger partial charge on any atom is 0.337 e. The van der Waals surface area contributed by atoms with Crippen molar-refractivity contribution < 1.29 is 41.4 Å². The topological polar surface area (TPSA) is 99.5 Å². The molecule has 0 bridgehead atoms. The second kappa shape index (κ2) is 9.57. The van der Waals surface area contributed by atoms with Crippen LogP contribution in [0.25, 0.3) is 0 Å². The van der Waals surface area contributed by atoms with Gasteiger partial charge in [-0.1, -0.05) is 11.6 Å². The molecule has 0 saturated carbocycles. The molecule has 1 aromatic heterocycles. The number of hydrogen-bond acceptors (Lipinski definition) is 6. The quantitative estimate of drug-likeness (QED) is 0.510. The standard InChI is InChI=1S/C17H14ClF4N3O5/c1-29-16(27)7-3-8(17(28)30-2)5-9(4-7)23-10(26)6-25-13(15(21)22)11(18)12(24-25)14(19)20/h3-5,14-15H,6H2,1-2H3,(H,23,26). The van der Waals surface area contributed by atoms with Crippen LogP contribution in [0.3, 0.4) is 0 Å². The Balaban J connectivity index is 2.33. The summed E-state index contributed by atoms with van der Waals surface area (Å²) in [5.41, 5.74) is -2.41. The van der Waals surface area contributed by atoms with Gasteiger partial charge in [-0.05, 0) is 18.2 Å². The lowest BCUT2D eigenvalue weighted by Gasteiger charge is -2.11. The van der Waals surface area contributed by atoms with Crippen molar-refractivity contribution in [1.29, 1.82) is 0 Å². The zero-order valence-corrected chi connectivity index (χ0v) is 16.2. The van der Waals surface area contributed by atoms with Gasteiger partial charge < -0.3 is 14.8 Å². The fourth-order valence-electron chi connectivity index (χ4n) is 2.45. The van der Waals surface area contributed by atoms with Gasteiger partial charge >= 0.3 is 11.9 Å². The van der Waals surface area contributed by atoms with Crippen molar-refractivity contribution in [2.45, 2.75) is 19.4 Å². The number of aromatic nitrogens is 2. The van der Waals surface area contributed by atoms with E-state index in [-0.39, 0.29) is 16.8 Å². The minimum Gasteiger partial charge on any atom is -0.465 e. The number of amides is 1. The summed E-state index contributed by atoms with van der Waals surface area (Å²) in [6.07, 6.45) is -6.49. The van der Waals surface area contributed by atoms with Crippen molar-refractivity contribution in [3.8, 4) is 0 Å². The van der Waals surface area contributed by atoms with Gasteiger partial charge in [0.1, 0.15) is 17.9 Å². The number of nitrogens with one attached hydrogen (secondary N) is 1. The molecule has 0 aliphatic heterocycles. The molecule has 0 fully saturated rings. The van der Waals surface area contributed by atoms with Gasteiger partial charge in [0.15, 0.2) is 0 Å². The molecule has 0 atom stereocenters. The molecule has 0 unspecified atom stereocenters. The van der Waals surface area contributed by atoms with E-state index in [1.165, 1.54) is 0 Å². The van der Waals surface area contributed by atoms with E-state index < -0.39 is 53.7 Å². The third-order valence-electron chi connectivity index (χ3n) is 3.72. The Labute approximate surface area is 171 Å². The van der Waals surface area contributed by atoms with Crippen LogP contribution in [0.15, 0.2) is 18.2 Å². The average Bonchev–Trinajstić information content (AvgIpc) is 3.02. The highest BCUT2D eigenvalue weighted by Gasteiger charge is 2.28. The summed E-state index contributed by atoms with van der Waals surface area (Å²) in [5, 5.41) is 4.60. The van der Waals surface area contributed by atoms with Crippen LogP contribution >= 0.6 is 11.6 Å². The van der Waals surface area contributed by atoms with Crippen LogP contribution in [0, 0.1) is 0 Å². The molecule has 13 heteroatoms. The Bertz CT molecular complexity index is 946. The number of carbonyl (C=O) groups is 3. The predicted molar refractivity (Wildman–Crippen MR) is 94.9 cm³/mol. The van der Waals surface area contributed by atoms with E-state index in [0.717, 1.165) is 32.4 Å². The predicted octanol–water partition coefficient (Wildman–Crippen LogP) is 3.62. The third kappa shape index (κ3) is 5.06. The Hall–Kier alpha value is -3.15. The molecule has 1 amide bonds. The lowest BCUT2D eigenvalue weighted by Crippen LogP contribution is -2.22. The van der Waals surface area contributed by atoms with Gasteiger partial charge in [-0.25, -0.2) is 27.2 Å². The van der Waals surface area contributed by atoms with Crippen LogP contribution in [-0.2, 0) is 20.8 Å². The number of benzene rings is 1. The number of rotatable bonds is 7. The van der Waals surface area contributed by atoms with E-state index in [4.69, 9.17) is 11.6 Å². The number of methoxy groups -OCH3 is 2. The number of nitrogens with zero attached hydrogens (tertiary/aromatic N) is 2. The fourth-order valence-corrected chi connectivity index (χ4v) is 2.75. The van der Waals surface area contributed by atoms with Crippen molar-refractivity contribution >= 4 is 35.1 Å². The smallest absolute Gasteiger partial charge is 0.337 e. The van der Waals surface area contributed by atoms with Crippen molar-refractivity contribution in [2.24, 2.45) is 0 Å². The van der Waals surface area contributed by atoms with Gasteiger partial charge in [0, 0.05) is 5.69 Å². The van der Waals surface area contributed by atoms with Crippen molar-refractivity contribution in [3.63, 3.8) is 0 Å². The first-order valence-corrected chi connectivity index (χ1v) is 8.40. The van der Waals surface area contributed by atoms with E-state index in [1.54, 1.807) is 0 Å². The normalized spacial score (nSPS) is 11.0. The number of ether oxygens (including phenoxy) is 2. The highest BCUT2D eigenvalue weighted by molar-refractivity contribution is 6.32. The van der Waals surface area contributed by atoms with Crippen LogP contribution < -0.4 is 5.32 Å². The summed E-state index contributed by atoms with van der Waals surface area (Å²) in [6.45, 7) is -0.887. The summed E-state index contributed by atoms with van der Waals surface area (Å²) in [6, 6.07) is 3.47. The van der Waals surface area contributed by atoms with Gasteiger partial charge in [-0.3, -0.25) is 9.48 Å². The van der Waals surface area contributed by atoms with Crippen LogP contribution in [0.1, 0.15) is 45.0 Å². The minimum atomic E-state index is -3.26. The Kier molecular flexibility index (Phi) is 7.38. The lowest BCUT2D eigenvalue weighted by molar-refractivity contribution is -0.117. The monoisotopic (exact) mass is 451 g/mol. The molecule has 162 valence electrons. The second-order valence-corrected chi connectivity index (χ2v) is 6.05. The molecule has 1 aromatic carbocycles. The molecular formula is C17H14ClF4N3O5. The zero-order valence-electron chi connectivity index (χ0n) is 15.4. The number of esters is 2. The number of hydrogen-bond donors (Lipinski definition) is 1. The molecular weight excluding hydrogens is 438 g/mol. The number of anilines is 1. The molecule has 2 rings (SSSR count). The second-order valence-electron chi connectivity index (χ2n) is 5.67. The summed E-state index contributed by atoms with van der Waals surface area (Å²) >= 11 is 5.53. The van der Waals surface area contributed by atoms with E-state index in [9.17, 15) is 31.9 Å². The Morgan fingerprint density at radius 2 is 1.57 bits per heavy atom. The van der Waals surface area contributed by atoms with Gasteiger partial charge in [0.2, 0.25) is 5.91 Å². The largest absolute Gasteiger partial charge is 0.465 e. The van der Waals surface area contributed by atoms with E-state index in [0.29, 0.717) is 4.68 Å². The molecule has 0 saturated heterocycles. The van der Waals surface area contributed by atoms with Crippen molar-refractivity contribution in [1.82, 2.24) is 9.78 Å². The van der Waals surface area contributed by atoms with Gasteiger partial charge in [-0.15, -0.1) is 0 Å². The van der Waals surface area contributed by atoms with Crippen LogP contribution in [-0.4, -0.2) is 41.8 Å². The van der Waals surface area contributed by atoms with Gasteiger partial charge in [0.05, 0.1) is 30.4 Å².